The molecule has 1 aromatic carbocycles. The molecular formula is C16H24N2O2. The van der Waals surface area contributed by atoms with E-state index in [0.717, 1.165) is 18.5 Å². The Bertz CT molecular complexity index is 446. The van der Waals surface area contributed by atoms with Gasteiger partial charge in [-0.3, -0.25) is 4.79 Å². The van der Waals surface area contributed by atoms with Crippen LogP contribution < -0.4 is 5.32 Å². The topological polar surface area (TPSA) is 41.6 Å². The molecule has 2 rings (SSSR count). The van der Waals surface area contributed by atoms with Crippen LogP contribution in [0.2, 0.25) is 0 Å². The highest BCUT2D eigenvalue weighted by molar-refractivity contribution is 5.94. The molecule has 4 nitrogen and oxygen atoms in total. The van der Waals surface area contributed by atoms with Crippen LogP contribution in [0.1, 0.15) is 37.0 Å². The lowest BCUT2D eigenvalue weighted by atomic mass is 9.99. The summed E-state index contributed by atoms with van der Waals surface area (Å²) in [6.45, 7) is 4.23. The van der Waals surface area contributed by atoms with Gasteiger partial charge in [0.1, 0.15) is 0 Å². The van der Waals surface area contributed by atoms with E-state index < -0.39 is 0 Å². The zero-order chi connectivity index (χ0) is 14.7. The van der Waals surface area contributed by atoms with Crippen LogP contribution in [0, 0.1) is 0 Å². The maximum absolute atomic E-state index is 11.8. The van der Waals surface area contributed by atoms with Gasteiger partial charge in [0.15, 0.2) is 0 Å². The van der Waals surface area contributed by atoms with Gasteiger partial charge in [0.25, 0.3) is 5.91 Å². The summed E-state index contributed by atoms with van der Waals surface area (Å²) in [6.07, 6.45) is 2.63. The Morgan fingerprint density at radius 3 is 2.20 bits per heavy atom. The first-order chi connectivity index (χ1) is 9.45. The van der Waals surface area contributed by atoms with Gasteiger partial charge in [-0.25, -0.2) is 0 Å². The van der Waals surface area contributed by atoms with Gasteiger partial charge in [0.2, 0.25) is 0 Å². The van der Waals surface area contributed by atoms with Gasteiger partial charge in [-0.15, -0.1) is 0 Å². The van der Waals surface area contributed by atoms with Crippen LogP contribution in [0.3, 0.4) is 0 Å². The minimum Gasteiger partial charge on any atom is -0.382 e. The molecule has 0 aliphatic carbocycles. The summed E-state index contributed by atoms with van der Waals surface area (Å²) in [5, 5.41) is 3.53. The van der Waals surface area contributed by atoms with Gasteiger partial charge in [0, 0.05) is 31.4 Å². The van der Waals surface area contributed by atoms with Crippen molar-refractivity contribution in [3.8, 4) is 0 Å². The average Bonchev–Trinajstić information content (AvgIpc) is 2.37. The van der Waals surface area contributed by atoms with Gasteiger partial charge < -0.3 is 15.0 Å². The van der Waals surface area contributed by atoms with E-state index in [-0.39, 0.29) is 5.91 Å². The fourth-order valence-corrected chi connectivity index (χ4v) is 2.73. The molecule has 1 heterocycles. The highest BCUT2D eigenvalue weighted by atomic mass is 16.5. The number of anilines is 1. The summed E-state index contributed by atoms with van der Waals surface area (Å²) in [6, 6.07) is 8.13. The highest BCUT2D eigenvalue weighted by Crippen LogP contribution is 2.23. The van der Waals surface area contributed by atoms with Crippen molar-refractivity contribution in [2.75, 3.05) is 19.4 Å². The molecule has 1 aliphatic heterocycles. The second-order valence-electron chi connectivity index (χ2n) is 5.85. The number of carbonyl (C=O) groups is 1. The van der Waals surface area contributed by atoms with Crippen molar-refractivity contribution in [3.63, 3.8) is 0 Å². The number of carbonyl (C=O) groups excluding carboxylic acids is 1. The Kier molecular flexibility index (Phi) is 4.65. The minimum absolute atomic E-state index is 0.0323. The molecule has 4 heteroatoms. The van der Waals surface area contributed by atoms with Gasteiger partial charge >= 0.3 is 0 Å². The van der Waals surface area contributed by atoms with Gasteiger partial charge in [-0.05, 0) is 51.0 Å². The van der Waals surface area contributed by atoms with E-state index in [0.29, 0.717) is 23.8 Å². The quantitative estimate of drug-likeness (QED) is 0.923. The first-order valence-electron chi connectivity index (χ1n) is 7.19. The zero-order valence-corrected chi connectivity index (χ0v) is 12.7. The van der Waals surface area contributed by atoms with Crippen LogP contribution >= 0.6 is 0 Å². The molecule has 0 spiro atoms. The molecule has 1 amide bonds. The third kappa shape index (κ3) is 3.73. The smallest absolute Gasteiger partial charge is 0.253 e. The molecule has 0 aromatic heterocycles. The highest BCUT2D eigenvalue weighted by Gasteiger charge is 2.24. The largest absolute Gasteiger partial charge is 0.382 e. The molecule has 20 heavy (non-hydrogen) atoms. The summed E-state index contributed by atoms with van der Waals surface area (Å²) in [5.41, 5.74) is 1.78. The van der Waals surface area contributed by atoms with Crippen LogP contribution in [0.5, 0.6) is 0 Å². The Morgan fingerprint density at radius 1 is 1.15 bits per heavy atom. The number of benzene rings is 1. The molecule has 2 unspecified atom stereocenters. The molecule has 1 N–H and O–H groups in total. The number of rotatable bonds is 3. The average molecular weight is 276 g/mol. The van der Waals surface area contributed by atoms with E-state index in [1.54, 1.807) is 19.0 Å². The Hall–Kier alpha value is -1.55. The van der Waals surface area contributed by atoms with Crippen molar-refractivity contribution in [2.24, 2.45) is 0 Å². The van der Waals surface area contributed by atoms with Crippen LogP contribution in [0.4, 0.5) is 5.69 Å². The number of amides is 1. The summed E-state index contributed by atoms with van der Waals surface area (Å²) in [5.74, 6) is 0.0323. The SMILES string of the molecule is CC1CC(Nc2ccc(C(=O)N(C)C)cc2)CC(C)O1. The van der Waals surface area contributed by atoms with Crippen LogP contribution in [-0.2, 0) is 4.74 Å². The third-order valence-corrected chi connectivity index (χ3v) is 3.61. The number of nitrogens with one attached hydrogen (secondary N) is 1. The standard InChI is InChI=1S/C16H24N2O2/c1-11-9-15(10-12(2)20-11)17-14-7-5-13(6-8-14)16(19)18(3)4/h5-8,11-12,15,17H,9-10H2,1-4H3. The lowest BCUT2D eigenvalue weighted by molar-refractivity contribution is -0.0337. The molecule has 1 aliphatic rings. The summed E-state index contributed by atoms with van der Waals surface area (Å²) in [7, 11) is 3.53. The summed E-state index contributed by atoms with van der Waals surface area (Å²) < 4.78 is 5.74. The van der Waals surface area contributed by atoms with Crippen molar-refractivity contribution in [1.29, 1.82) is 0 Å². The lowest BCUT2D eigenvalue weighted by Crippen LogP contribution is -2.36. The van der Waals surface area contributed by atoms with Crippen molar-refractivity contribution < 1.29 is 9.53 Å². The Labute approximate surface area is 121 Å². The Balaban J connectivity index is 1.98. The van der Waals surface area contributed by atoms with Crippen molar-refractivity contribution in [3.05, 3.63) is 29.8 Å². The molecule has 0 bridgehead atoms. The molecule has 1 aromatic rings. The monoisotopic (exact) mass is 276 g/mol. The Morgan fingerprint density at radius 2 is 1.70 bits per heavy atom. The molecule has 110 valence electrons. The molecule has 0 radical (unpaired) electrons. The molecular weight excluding hydrogens is 252 g/mol. The second kappa shape index (κ2) is 6.27. The van der Waals surface area contributed by atoms with Crippen molar-refractivity contribution in [1.82, 2.24) is 4.90 Å². The van der Waals surface area contributed by atoms with Crippen LogP contribution in [0.25, 0.3) is 0 Å². The second-order valence-corrected chi connectivity index (χ2v) is 5.85. The zero-order valence-electron chi connectivity index (χ0n) is 12.7. The van der Waals surface area contributed by atoms with Gasteiger partial charge in [-0.2, -0.15) is 0 Å². The summed E-state index contributed by atoms with van der Waals surface area (Å²) in [4.78, 5) is 13.4. The lowest BCUT2D eigenvalue weighted by Gasteiger charge is -2.33. The molecule has 0 saturated carbocycles. The first-order valence-corrected chi connectivity index (χ1v) is 7.19. The van der Waals surface area contributed by atoms with Crippen molar-refractivity contribution in [2.45, 2.75) is 44.9 Å². The summed E-state index contributed by atoms with van der Waals surface area (Å²) >= 11 is 0. The van der Waals surface area contributed by atoms with Crippen LogP contribution in [-0.4, -0.2) is 43.2 Å². The minimum atomic E-state index is 0.0323. The molecule has 1 fully saturated rings. The maximum atomic E-state index is 11.8. The van der Waals surface area contributed by atoms with E-state index in [4.69, 9.17) is 4.74 Å². The van der Waals surface area contributed by atoms with E-state index >= 15 is 0 Å². The number of nitrogens with zero attached hydrogens (tertiary/aromatic N) is 1. The fraction of sp³-hybridized carbons (Fsp3) is 0.562. The maximum Gasteiger partial charge on any atom is 0.253 e. The first kappa shape index (κ1) is 14.9. The van der Waals surface area contributed by atoms with Crippen LogP contribution in [0.15, 0.2) is 24.3 Å². The van der Waals surface area contributed by atoms with Crippen molar-refractivity contribution >= 4 is 11.6 Å². The molecule has 1 saturated heterocycles. The van der Waals surface area contributed by atoms with Gasteiger partial charge in [0.05, 0.1) is 12.2 Å². The van der Waals surface area contributed by atoms with E-state index in [9.17, 15) is 4.79 Å². The van der Waals surface area contributed by atoms with E-state index in [1.165, 1.54) is 0 Å². The third-order valence-electron chi connectivity index (χ3n) is 3.61. The number of ether oxygens (including phenoxy) is 1. The van der Waals surface area contributed by atoms with E-state index in [1.807, 2.05) is 24.3 Å². The fourth-order valence-electron chi connectivity index (χ4n) is 2.73. The molecule has 2 atom stereocenters. The number of hydrogen-bond acceptors (Lipinski definition) is 3. The van der Waals surface area contributed by atoms with E-state index in [2.05, 4.69) is 19.2 Å². The normalized spacial score (nSPS) is 26.1. The van der Waals surface area contributed by atoms with Gasteiger partial charge in [-0.1, -0.05) is 0 Å². The predicted molar refractivity (Wildman–Crippen MR) is 81.1 cm³/mol. The number of hydrogen-bond donors (Lipinski definition) is 1. The predicted octanol–water partition coefficient (Wildman–Crippen LogP) is 2.76.